The molecule has 0 saturated carbocycles. The molecule has 1 atom stereocenters. The van der Waals surface area contributed by atoms with Crippen molar-refractivity contribution in [2.24, 2.45) is 0 Å². The lowest BCUT2D eigenvalue weighted by Gasteiger charge is -2.15. The average molecular weight is 246 g/mol. The van der Waals surface area contributed by atoms with E-state index in [1.54, 1.807) is 0 Å². The third-order valence-electron chi connectivity index (χ3n) is 2.73. The molecule has 0 bridgehead atoms. The number of nitrogens with zero attached hydrogens (tertiary/aromatic N) is 2. The van der Waals surface area contributed by atoms with Crippen LogP contribution in [0.2, 0.25) is 0 Å². The summed E-state index contributed by atoms with van der Waals surface area (Å²) < 4.78 is 4.39. The van der Waals surface area contributed by atoms with Gasteiger partial charge in [-0.25, -0.2) is 4.63 Å². The van der Waals surface area contributed by atoms with E-state index in [2.05, 4.69) is 20.3 Å². The number of benzene rings is 1. The molecular weight excluding hydrogens is 232 g/mol. The standard InChI is InChI=1S/C12H14N4O2/c1-7-5-3-4-6-9(7)8(2)14-12(17)10-11(13)16-18-15-10/h3-6,8H,1-2H3,(H2,13,16)(H,14,17)/t8-/m1/s1. The van der Waals surface area contributed by atoms with Gasteiger partial charge in [-0.05, 0) is 35.3 Å². The molecule has 3 N–H and O–H groups in total. The van der Waals surface area contributed by atoms with Gasteiger partial charge in [0.2, 0.25) is 11.5 Å². The Morgan fingerprint density at radius 3 is 2.72 bits per heavy atom. The van der Waals surface area contributed by atoms with Gasteiger partial charge in [0.1, 0.15) is 0 Å². The number of hydrogen-bond acceptors (Lipinski definition) is 5. The summed E-state index contributed by atoms with van der Waals surface area (Å²) in [7, 11) is 0. The second-order valence-electron chi connectivity index (χ2n) is 4.05. The van der Waals surface area contributed by atoms with Crippen LogP contribution in [0.25, 0.3) is 0 Å². The molecule has 18 heavy (non-hydrogen) atoms. The largest absolute Gasteiger partial charge is 0.379 e. The van der Waals surface area contributed by atoms with Crippen LogP contribution in [0.15, 0.2) is 28.9 Å². The Labute approximate surface area is 104 Å². The molecule has 0 fully saturated rings. The van der Waals surface area contributed by atoms with Crippen LogP contribution >= 0.6 is 0 Å². The average Bonchev–Trinajstić information content (AvgIpc) is 2.76. The van der Waals surface area contributed by atoms with Crippen LogP contribution in [0.3, 0.4) is 0 Å². The van der Waals surface area contributed by atoms with Crippen molar-refractivity contribution in [3.63, 3.8) is 0 Å². The lowest BCUT2D eigenvalue weighted by Crippen LogP contribution is -2.28. The van der Waals surface area contributed by atoms with E-state index in [-0.39, 0.29) is 17.6 Å². The van der Waals surface area contributed by atoms with E-state index in [0.717, 1.165) is 11.1 Å². The Kier molecular flexibility index (Phi) is 3.27. The number of carbonyl (C=O) groups excluding carboxylic acids is 1. The van der Waals surface area contributed by atoms with Crippen molar-refractivity contribution in [2.45, 2.75) is 19.9 Å². The van der Waals surface area contributed by atoms with Crippen molar-refractivity contribution in [1.82, 2.24) is 15.6 Å². The van der Waals surface area contributed by atoms with Crippen LogP contribution in [0.1, 0.15) is 34.6 Å². The summed E-state index contributed by atoms with van der Waals surface area (Å²) in [6.45, 7) is 3.88. The highest BCUT2D eigenvalue weighted by molar-refractivity contribution is 5.96. The first-order chi connectivity index (χ1) is 8.59. The molecule has 0 aliphatic heterocycles. The number of amides is 1. The minimum Gasteiger partial charge on any atom is -0.379 e. The topological polar surface area (TPSA) is 94.0 Å². The number of nitrogen functional groups attached to an aromatic ring is 1. The van der Waals surface area contributed by atoms with Crippen molar-refractivity contribution in [3.8, 4) is 0 Å². The quantitative estimate of drug-likeness (QED) is 0.854. The van der Waals surface area contributed by atoms with Crippen LogP contribution < -0.4 is 11.1 Å². The normalized spacial score (nSPS) is 12.1. The van der Waals surface area contributed by atoms with Gasteiger partial charge in [-0.1, -0.05) is 24.3 Å². The molecule has 1 aromatic heterocycles. The van der Waals surface area contributed by atoms with Crippen molar-refractivity contribution < 1.29 is 9.42 Å². The highest BCUT2D eigenvalue weighted by Crippen LogP contribution is 2.17. The van der Waals surface area contributed by atoms with E-state index >= 15 is 0 Å². The second-order valence-corrected chi connectivity index (χ2v) is 4.05. The van der Waals surface area contributed by atoms with Crippen LogP contribution in [0.5, 0.6) is 0 Å². The molecule has 0 saturated heterocycles. The van der Waals surface area contributed by atoms with Crippen molar-refractivity contribution >= 4 is 11.7 Å². The molecule has 1 heterocycles. The van der Waals surface area contributed by atoms with Crippen LogP contribution in [0, 0.1) is 6.92 Å². The molecule has 1 aromatic carbocycles. The summed E-state index contributed by atoms with van der Waals surface area (Å²) in [6.07, 6.45) is 0. The van der Waals surface area contributed by atoms with Crippen molar-refractivity contribution in [2.75, 3.05) is 5.73 Å². The molecule has 2 rings (SSSR count). The number of aryl methyl sites for hydroxylation is 1. The maximum absolute atomic E-state index is 11.9. The van der Waals surface area contributed by atoms with Gasteiger partial charge in [0.25, 0.3) is 5.91 Å². The van der Waals surface area contributed by atoms with Gasteiger partial charge in [-0.15, -0.1) is 0 Å². The predicted octanol–water partition coefficient (Wildman–Crippen LogP) is 1.45. The third kappa shape index (κ3) is 2.32. The fourth-order valence-corrected chi connectivity index (χ4v) is 1.77. The van der Waals surface area contributed by atoms with Crippen LogP contribution in [-0.2, 0) is 0 Å². The van der Waals surface area contributed by atoms with E-state index in [4.69, 9.17) is 5.73 Å². The Morgan fingerprint density at radius 2 is 2.11 bits per heavy atom. The van der Waals surface area contributed by atoms with Gasteiger partial charge in [0.05, 0.1) is 6.04 Å². The SMILES string of the molecule is Cc1ccccc1[C@@H](C)NC(=O)c1nonc1N. The molecule has 94 valence electrons. The van der Waals surface area contributed by atoms with Gasteiger partial charge in [-0.2, -0.15) is 0 Å². The second kappa shape index (κ2) is 4.87. The molecule has 0 aliphatic carbocycles. The van der Waals surface area contributed by atoms with Gasteiger partial charge >= 0.3 is 0 Å². The third-order valence-corrected chi connectivity index (χ3v) is 2.73. The molecule has 6 heteroatoms. The van der Waals surface area contributed by atoms with E-state index in [0.29, 0.717) is 0 Å². The summed E-state index contributed by atoms with van der Waals surface area (Å²) >= 11 is 0. The Bertz CT molecular complexity index is 565. The molecule has 0 aliphatic rings. The Morgan fingerprint density at radius 1 is 1.39 bits per heavy atom. The summed E-state index contributed by atoms with van der Waals surface area (Å²) in [6, 6.07) is 7.69. The highest BCUT2D eigenvalue weighted by Gasteiger charge is 2.19. The number of carbonyl (C=O) groups is 1. The Hall–Kier alpha value is -2.37. The maximum atomic E-state index is 11.9. The van der Waals surface area contributed by atoms with Crippen LogP contribution in [0.4, 0.5) is 5.82 Å². The smallest absolute Gasteiger partial charge is 0.277 e. The fraction of sp³-hybridized carbons (Fsp3) is 0.250. The summed E-state index contributed by atoms with van der Waals surface area (Å²) in [5, 5.41) is 9.63. The summed E-state index contributed by atoms with van der Waals surface area (Å²) in [5.41, 5.74) is 7.62. The summed E-state index contributed by atoms with van der Waals surface area (Å²) in [4.78, 5) is 11.9. The first-order valence-electron chi connectivity index (χ1n) is 5.54. The molecule has 1 amide bonds. The monoisotopic (exact) mass is 246 g/mol. The van der Waals surface area contributed by atoms with Gasteiger partial charge < -0.3 is 11.1 Å². The number of hydrogen-bond donors (Lipinski definition) is 2. The highest BCUT2D eigenvalue weighted by atomic mass is 16.6. The molecule has 2 aromatic rings. The van der Waals surface area contributed by atoms with Gasteiger partial charge in [0, 0.05) is 0 Å². The zero-order valence-electron chi connectivity index (χ0n) is 10.2. The van der Waals surface area contributed by atoms with Crippen molar-refractivity contribution in [3.05, 3.63) is 41.1 Å². The zero-order valence-corrected chi connectivity index (χ0v) is 10.2. The van der Waals surface area contributed by atoms with Gasteiger partial charge in [0.15, 0.2) is 0 Å². The molecular formula is C12H14N4O2. The minimum atomic E-state index is -0.399. The fourth-order valence-electron chi connectivity index (χ4n) is 1.77. The maximum Gasteiger partial charge on any atom is 0.277 e. The molecule has 0 unspecified atom stereocenters. The lowest BCUT2D eigenvalue weighted by atomic mass is 10.0. The molecule has 0 radical (unpaired) electrons. The first-order valence-corrected chi connectivity index (χ1v) is 5.54. The van der Waals surface area contributed by atoms with Crippen LogP contribution in [-0.4, -0.2) is 16.2 Å². The number of aromatic nitrogens is 2. The minimum absolute atomic E-state index is 0.00966. The number of nitrogens with two attached hydrogens (primary N) is 1. The summed E-state index contributed by atoms with van der Waals surface area (Å²) in [5.74, 6) is -0.408. The molecule has 6 nitrogen and oxygen atoms in total. The van der Waals surface area contributed by atoms with E-state index in [1.807, 2.05) is 38.1 Å². The number of nitrogens with one attached hydrogen (secondary N) is 1. The lowest BCUT2D eigenvalue weighted by molar-refractivity contribution is 0.0930. The number of rotatable bonds is 3. The first kappa shape index (κ1) is 12.1. The van der Waals surface area contributed by atoms with E-state index in [1.165, 1.54) is 0 Å². The Balaban J connectivity index is 2.13. The molecule has 0 spiro atoms. The zero-order chi connectivity index (χ0) is 13.1. The van der Waals surface area contributed by atoms with E-state index in [9.17, 15) is 4.79 Å². The predicted molar refractivity (Wildman–Crippen MR) is 65.8 cm³/mol. The number of anilines is 1. The van der Waals surface area contributed by atoms with E-state index < -0.39 is 5.91 Å². The van der Waals surface area contributed by atoms with Crippen molar-refractivity contribution in [1.29, 1.82) is 0 Å². The van der Waals surface area contributed by atoms with Gasteiger partial charge in [-0.3, -0.25) is 4.79 Å².